The second kappa shape index (κ2) is 7.54. The molecule has 5 heteroatoms. The topological polar surface area (TPSA) is 57.1 Å². The van der Waals surface area contributed by atoms with Gasteiger partial charge in [-0.1, -0.05) is 18.2 Å². The van der Waals surface area contributed by atoms with E-state index in [1.54, 1.807) is 7.05 Å². The van der Waals surface area contributed by atoms with Crippen molar-refractivity contribution in [1.29, 1.82) is 0 Å². The largest absolute Gasteiger partial charge is 0.358 e. The van der Waals surface area contributed by atoms with E-state index in [-0.39, 0.29) is 0 Å². The van der Waals surface area contributed by atoms with Gasteiger partial charge in [0.25, 0.3) is 0 Å². The summed E-state index contributed by atoms with van der Waals surface area (Å²) in [7, 11) is 1.80. The lowest BCUT2D eigenvalue weighted by atomic mass is 10.2. The Hall–Kier alpha value is -2.69. The smallest absolute Gasteiger partial charge is 0.191 e. The molecule has 5 nitrogen and oxygen atoms in total. The first-order valence-corrected chi connectivity index (χ1v) is 7.97. The molecular formula is C18H23N5. The minimum absolute atomic E-state index is 0.841. The van der Waals surface area contributed by atoms with Crippen molar-refractivity contribution < 1.29 is 0 Å². The Bertz CT molecular complexity index is 722. The van der Waals surface area contributed by atoms with E-state index < -0.39 is 0 Å². The van der Waals surface area contributed by atoms with Crippen molar-refractivity contribution in [3.8, 4) is 0 Å². The average molecular weight is 309 g/mol. The molecule has 3 rings (SSSR count). The molecule has 0 fully saturated rings. The van der Waals surface area contributed by atoms with Crippen LogP contribution < -0.4 is 10.6 Å². The summed E-state index contributed by atoms with van der Waals surface area (Å²) in [4.78, 5) is 7.70. The summed E-state index contributed by atoms with van der Waals surface area (Å²) < 4.78 is 2.14. The molecule has 3 aromatic rings. The van der Waals surface area contributed by atoms with Crippen molar-refractivity contribution in [3.05, 3.63) is 60.6 Å². The van der Waals surface area contributed by atoms with Gasteiger partial charge < -0.3 is 20.2 Å². The minimum atomic E-state index is 0.841. The third-order valence-electron chi connectivity index (χ3n) is 3.82. The van der Waals surface area contributed by atoms with Gasteiger partial charge in [-0.25, -0.2) is 0 Å². The van der Waals surface area contributed by atoms with Crippen LogP contribution in [0.4, 0.5) is 0 Å². The minimum Gasteiger partial charge on any atom is -0.358 e. The normalized spacial score (nSPS) is 11.8. The summed E-state index contributed by atoms with van der Waals surface area (Å²) >= 11 is 0. The standard InChI is InChI=1S/C18H23N5/c1-19-18(21-10-13-23-11-4-5-12-23)20-9-8-16-14-15-6-2-3-7-17(15)22-16/h2-7,11-12,14,22H,8-10,13H2,1H3,(H2,19,20,21). The highest BCUT2D eigenvalue weighted by Crippen LogP contribution is 2.14. The third kappa shape index (κ3) is 4.16. The maximum absolute atomic E-state index is 4.26. The van der Waals surface area contributed by atoms with Gasteiger partial charge in [-0.2, -0.15) is 0 Å². The van der Waals surface area contributed by atoms with E-state index in [0.29, 0.717) is 0 Å². The Morgan fingerprint density at radius 1 is 1.09 bits per heavy atom. The van der Waals surface area contributed by atoms with Crippen molar-refractivity contribution in [2.45, 2.75) is 13.0 Å². The van der Waals surface area contributed by atoms with Gasteiger partial charge in [-0.3, -0.25) is 4.99 Å². The average Bonchev–Trinajstić information content (AvgIpc) is 3.22. The molecular weight excluding hydrogens is 286 g/mol. The van der Waals surface area contributed by atoms with Crippen LogP contribution in [0.3, 0.4) is 0 Å². The lowest BCUT2D eigenvalue weighted by Gasteiger charge is -2.11. The molecule has 23 heavy (non-hydrogen) atoms. The molecule has 0 unspecified atom stereocenters. The fraction of sp³-hybridized carbons (Fsp3) is 0.278. The number of nitrogens with zero attached hydrogens (tertiary/aromatic N) is 2. The molecule has 0 amide bonds. The van der Waals surface area contributed by atoms with Crippen LogP contribution in [0.5, 0.6) is 0 Å². The van der Waals surface area contributed by atoms with Gasteiger partial charge in [0.2, 0.25) is 0 Å². The number of aliphatic imine (C=N–C) groups is 1. The maximum Gasteiger partial charge on any atom is 0.191 e. The number of fused-ring (bicyclic) bond motifs is 1. The number of nitrogens with one attached hydrogen (secondary N) is 3. The molecule has 0 saturated heterocycles. The SMILES string of the molecule is CN=C(NCCc1cc2ccccc2[nH]1)NCCn1cccc1. The van der Waals surface area contributed by atoms with Gasteiger partial charge in [-0.05, 0) is 29.7 Å². The second-order valence-electron chi connectivity index (χ2n) is 5.48. The lowest BCUT2D eigenvalue weighted by molar-refractivity contribution is 0.664. The number of rotatable bonds is 6. The van der Waals surface area contributed by atoms with Crippen LogP contribution in [0.15, 0.2) is 59.9 Å². The number of hydrogen-bond acceptors (Lipinski definition) is 1. The van der Waals surface area contributed by atoms with Crippen molar-refractivity contribution in [2.75, 3.05) is 20.1 Å². The highest BCUT2D eigenvalue weighted by Gasteiger charge is 2.01. The van der Waals surface area contributed by atoms with Gasteiger partial charge in [0.05, 0.1) is 0 Å². The quantitative estimate of drug-likeness (QED) is 0.484. The van der Waals surface area contributed by atoms with Crippen LogP contribution in [0.1, 0.15) is 5.69 Å². The zero-order valence-electron chi connectivity index (χ0n) is 13.4. The second-order valence-corrected chi connectivity index (χ2v) is 5.48. The van der Waals surface area contributed by atoms with Crippen LogP contribution in [-0.2, 0) is 13.0 Å². The summed E-state index contributed by atoms with van der Waals surface area (Å²) in [6.07, 6.45) is 5.06. The molecule has 0 radical (unpaired) electrons. The summed E-state index contributed by atoms with van der Waals surface area (Å²) in [6, 6.07) is 14.6. The molecule has 0 saturated carbocycles. The number of aromatic amines is 1. The first-order chi connectivity index (χ1) is 11.3. The van der Waals surface area contributed by atoms with Crippen molar-refractivity contribution in [2.24, 2.45) is 4.99 Å². The van der Waals surface area contributed by atoms with Crippen LogP contribution in [-0.4, -0.2) is 35.6 Å². The van der Waals surface area contributed by atoms with Crippen LogP contribution in [0.25, 0.3) is 10.9 Å². The van der Waals surface area contributed by atoms with Crippen molar-refractivity contribution in [3.63, 3.8) is 0 Å². The maximum atomic E-state index is 4.26. The van der Waals surface area contributed by atoms with E-state index in [1.165, 1.54) is 16.6 Å². The highest BCUT2D eigenvalue weighted by atomic mass is 15.2. The van der Waals surface area contributed by atoms with E-state index in [9.17, 15) is 0 Å². The molecule has 0 spiro atoms. The first kappa shape index (κ1) is 15.2. The van der Waals surface area contributed by atoms with E-state index in [1.807, 2.05) is 12.1 Å². The molecule has 2 aromatic heterocycles. The van der Waals surface area contributed by atoms with Crippen LogP contribution in [0.2, 0.25) is 0 Å². The Kier molecular flexibility index (Phi) is 4.99. The molecule has 1 aromatic carbocycles. The number of H-pyrrole nitrogens is 1. The Balaban J connectivity index is 1.42. The Labute approximate surface area is 136 Å². The predicted molar refractivity (Wildman–Crippen MR) is 95.8 cm³/mol. The number of aromatic nitrogens is 2. The van der Waals surface area contributed by atoms with E-state index in [0.717, 1.165) is 32.0 Å². The Morgan fingerprint density at radius 2 is 1.87 bits per heavy atom. The number of para-hydroxylation sites is 1. The monoisotopic (exact) mass is 309 g/mol. The van der Waals surface area contributed by atoms with Crippen molar-refractivity contribution in [1.82, 2.24) is 20.2 Å². The zero-order chi connectivity index (χ0) is 15.9. The van der Waals surface area contributed by atoms with Crippen LogP contribution in [0, 0.1) is 0 Å². The fourth-order valence-electron chi connectivity index (χ4n) is 2.63. The fourth-order valence-corrected chi connectivity index (χ4v) is 2.63. The summed E-state index contributed by atoms with van der Waals surface area (Å²) in [6.45, 7) is 2.62. The highest BCUT2D eigenvalue weighted by molar-refractivity contribution is 5.80. The molecule has 0 bridgehead atoms. The molecule has 3 N–H and O–H groups in total. The van der Waals surface area contributed by atoms with Gasteiger partial charge >= 0.3 is 0 Å². The molecule has 0 aliphatic carbocycles. The Morgan fingerprint density at radius 3 is 2.65 bits per heavy atom. The van der Waals surface area contributed by atoms with Gasteiger partial charge in [-0.15, -0.1) is 0 Å². The lowest BCUT2D eigenvalue weighted by Crippen LogP contribution is -2.39. The third-order valence-corrected chi connectivity index (χ3v) is 3.82. The number of hydrogen-bond donors (Lipinski definition) is 3. The van der Waals surface area contributed by atoms with Gasteiger partial charge in [0, 0.05) is 56.7 Å². The number of guanidine groups is 1. The van der Waals surface area contributed by atoms with E-state index in [2.05, 4.69) is 67.9 Å². The first-order valence-electron chi connectivity index (χ1n) is 7.97. The predicted octanol–water partition coefficient (Wildman–Crippen LogP) is 2.38. The molecule has 0 aliphatic heterocycles. The summed E-state index contributed by atoms with van der Waals surface area (Å²) in [5, 5.41) is 7.94. The summed E-state index contributed by atoms with van der Waals surface area (Å²) in [5.74, 6) is 0.841. The van der Waals surface area contributed by atoms with Crippen LogP contribution >= 0.6 is 0 Å². The van der Waals surface area contributed by atoms with Gasteiger partial charge in [0.15, 0.2) is 5.96 Å². The zero-order valence-corrected chi connectivity index (χ0v) is 13.4. The van der Waals surface area contributed by atoms with E-state index in [4.69, 9.17) is 0 Å². The molecule has 0 aliphatic rings. The molecule has 2 heterocycles. The molecule has 0 atom stereocenters. The van der Waals surface area contributed by atoms with Gasteiger partial charge in [0.1, 0.15) is 0 Å². The number of benzene rings is 1. The van der Waals surface area contributed by atoms with Crippen molar-refractivity contribution >= 4 is 16.9 Å². The molecule has 120 valence electrons. The summed E-state index contributed by atoms with van der Waals surface area (Å²) in [5.41, 5.74) is 2.43. The van der Waals surface area contributed by atoms with E-state index >= 15 is 0 Å².